The highest BCUT2D eigenvalue weighted by atomic mass is 32.3. The third-order valence-electron chi connectivity index (χ3n) is 1.93. The fourth-order valence-electron chi connectivity index (χ4n) is 1.39. The number of ether oxygens (including phenoxy) is 1. The Hall–Kier alpha value is -0.370. The monoisotopic (exact) mass is 236 g/mol. The van der Waals surface area contributed by atoms with E-state index in [-0.39, 0.29) is 13.0 Å². The number of hydrogen-bond donors (Lipinski definition) is 0. The maximum Gasteiger partial charge on any atom is 0.410 e. The van der Waals surface area contributed by atoms with E-state index in [1.165, 1.54) is 0 Å². The van der Waals surface area contributed by atoms with Gasteiger partial charge in [0.2, 0.25) is 5.25 Å². The van der Waals surface area contributed by atoms with E-state index in [0.717, 1.165) is 0 Å². The van der Waals surface area contributed by atoms with E-state index >= 15 is 0 Å². The highest BCUT2D eigenvalue weighted by Crippen LogP contribution is 2.34. The smallest absolute Gasteiger partial charge is 0.376 e. The van der Waals surface area contributed by atoms with Gasteiger partial charge < -0.3 is 4.74 Å². The Morgan fingerprint density at radius 3 is 2.21 bits per heavy atom. The third-order valence-corrected chi connectivity index (χ3v) is 3.11. The van der Waals surface area contributed by atoms with Gasteiger partial charge in [-0.3, -0.25) is 0 Å². The molecule has 84 valence electrons. The molecule has 1 saturated heterocycles. The van der Waals surface area contributed by atoms with E-state index in [0.29, 0.717) is 6.42 Å². The van der Waals surface area contributed by atoms with Crippen molar-refractivity contribution in [2.24, 2.45) is 0 Å². The minimum Gasteiger partial charge on any atom is -0.376 e. The Balaban J connectivity index is 2.93. The van der Waals surface area contributed by atoms with Crippen LogP contribution in [0.2, 0.25) is 0 Å². The van der Waals surface area contributed by atoms with Crippen LogP contribution in [-0.4, -0.2) is 32.6 Å². The van der Waals surface area contributed by atoms with Gasteiger partial charge in [0, 0.05) is 6.61 Å². The molecule has 0 radical (unpaired) electrons. The molecule has 0 saturated carbocycles. The number of alkyl halides is 3. The molecular formula is C6H8F4O3S. The van der Waals surface area contributed by atoms with Crippen LogP contribution in [-0.2, 0) is 15.0 Å². The van der Waals surface area contributed by atoms with Gasteiger partial charge in [0.25, 0.3) is 0 Å². The molecule has 0 aromatic heterocycles. The largest absolute Gasteiger partial charge is 0.410 e. The first-order valence-electron chi connectivity index (χ1n) is 3.84. The summed E-state index contributed by atoms with van der Waals surface area (Å²) in [5.74, 6) is 0. The quantitative estimate of drug-likeness (QED) is 0.537. The third kappa shape index (κ3) is 2.57. The average Bonchev–Trinajstić information content (AvgIpc) is 2.31. The van der Waals surface area contributed by atoms with Gasteiger partial charge in [-0.25, -0.2) is 0 Å². The SMILES string of the molecule is O=S(=O)(F)C(C1CCCO1)C(F)(F)F. The van der Waals surface area contributed by atoms with Crippen LogP contribution in [0.25, 0.3) is 0 Å². The minimum atomic E-state index is -5.66. The van der Waals surface area contributed by atoms with Gasteiger partial charge in [-0.15, -0.1) is 3.89 Å². The fraction of sp³-hybridized carbons (Fsp3) is 1.00. The van der Waals surface area contributed by atoms with Gasteiger partial charge in [-0.1, -0.05) is 0 Å². The van der Waals surface area contributed by atoms with E-state index in [2.05, 4.69) is 4.74 Å². The molecule has 8 heteroatoms. The molecule has 3 nitrogen and oxygen atoms in total. The van der Waals surface area contributed by atoms with E-state index in [4.69, 9.17) is 0 Å². The van der Waals surface area contributed by atoms with Gasteiger partial charge in [0.1, 0.15) is 0 Å². The maximum atomic E-state index is 12.4. The van der Waals surface area contributed by atoms with Crippen LogP contribution >= 0.6 is 0 Å². The lowest BCUT2D eigenvalue weighted by Crippen LogP contribution is -2.44. The highest BCUT2D eigenvalue weighted by Gasteiger charge is 2.55. The van der Waals surface area contributed by atoms with Crippen molar-refractivity contribution in [1.29, 1.82) is 0 Å². The fourth-order valence-corrected chi connectivity index (χ4v) is 2.29. The predicted octanol–water partition coefficient (Wildman–Crippen LogP) is 1.40. The summed E-state index contributed by atoms with van der Waals surface area (Å²) < 4.78 is 74.0. The van der Waals surface area contributed by atoms with Gasteiger partial charge in [-0.2, -0.15) is 21.6 Å². The minimum absolute atomic E-state index is 0.0345. The molecule has 0 spiro atoms. The molecule has 0 N–H and O–H groups in total. The molecule has 0 bridgehead atoms. The summed E-state index contributed by atoms with van der Waals surface area (Å²) in [6.45, 7) is 0.0345. The van der Waals surface area contributed by atoms with Crippen LogP contribution < -0.4 is 0 Å². The molecule has 2 unspecified atom stereocenters. The Kier molecular flexibility index (Phi) is 3.05. The predicted molar refractivity (Wildman–Crippen MR) is 38.8 cm³/mol. The van der Waals surface area contributed by atoms with Crippen LogP contribution in [0.5, 0.6) is 0 Å². The second-order valence-electron chi connectivity index (χ2n) is 2.99. The van der Waals surface area contributed by atoms with Crippen molar-refractivity contribution in [2.45, 2.75) is 30.4 Å². The Morgan fingerprint density at radius 2 is 1.93 bits per heavy atom. The lowest BCUT2D eigenvalue weighted by atomic mass is 10.2. The summed E-state index contributed by atoms with van der Waals surface area (Å²) in [5, 5.41) is -3.04. The molecule has 0 aromatic carbocycles. The van der Waals surface area contributed by atoms with Crippen LogP contribution in [0.1, 0.15) is 12.8 Å². The molecule has 1 aliphatic rings. The first kappa shape index (κ1) is 11.7. The van der Waals surface area contributed by atoms with Crippen molar-refractivity contribution in [3.8, 4) is 0 Å². The summed E-state index contributed by atoms with van der Waals surface area (Å²) >= 11 is 0. The van der Waals surface area contributed by atoms with Crippen molar-refractivity contribution in [2.75, 3.05) is 6.61 Å². The lowest BCUT2D eigenvalue weighted by molar-refractivity contribution is -0.150. The molecule has 1 aliphatic heterocycles. The van der Waals surface area contributed by atoms with Gasteiger partial charge in [0.05, 0.1) is 6.10 Å². The van der Waals surface area contributed by atoms with Crippen molar-refractivity contribution >= 4 is 10.2 Å². The molecule has 14 heavy (non-hydrogen) atoms. The van der Waals surface area contributed by atoms with Crippen LogP contribution in [0.4, 0.5) is 17.1 Å². The van der Waals surface area contributed by atoms with E-state index in [9.17, 15) is 25.5 Å². The van der Waals surface area contributed by atoms with Crippen molar-refractivity contribution < 1.29 is 30.2 Å². The standard InChI is InChI=1S/C6H8F4O3S/c7-6(8,9)5(14(10,11)12)4-2-1-3-13-4/h4-5H,1-3H2. The normalized spacial score (nSPS) is 26.4. The Bertz CT molecular complexity index is 291. The second-order valence-corrected chi connectivity index (χ2v) is 4.45. The van der Waals surface area contributed by atoms with E-state index in [1.54, 1.807) is 0 Å². The van der Waals surface area contributed by atoms with Gasteiger partial charge in [0.15, 0.2) is 0 Å². The van der Waals surface area contributed by atoms with E-state index in [1.807, 2.05) is 0 Å². The average molecular weight is 236 g/mol. The first-order valence-corrected chi connectivity index (χ1v) is 5.29. The van der Waals surface area contributed by atoms with Gasteiger partial charge >= 0.3 is 16.4 Å². The van der Waals surface area contributed by atoms with Crippen LogP contribution in [0.3, 0.4) is 0 Å². The summed E-state index contributed by atoms with van der Waals surface area (Å²) in [6, 6.07) is 0. The molecule has 1 heterocycles. The van der Waals surface area contributed by atoms with Crippen LogP contribution in [0, 0.1) is 0 Å². The first-order chi connectivity index (χ1) is 6.23. The van der Waals surface area contributed by atoms with Crippen molar-refractivity contribution in [3.63, 3.8) is 0 Å². The molecular weight excluding hydrogens is 228 g/mol. The summed E-state index contributed by atoms with van der Waals surface area (Å²) in [4.78, 5) is 0. The number of rotatable bonds is 2. The Morgan fingerprint density at radius 1 is 1.36 bits per heavy atom. The van der Waals surface area contributed by atoms with Crippen molar-refractivity contribution in [1.82, 2.24) is 0 Å². The highest BCUT2D eigenvalue weighted by molar-refractivity contribution is 7.87. The van der Waals surface area contributed by atoms with Crippen molar-refractivity contribution in [3.05, 3.63) is 0 Å². The summed E-state index contributed by atoms with van der Waals surface area (Å²) in [6.07, 6.45) is -6.51. The summed E-state index contributed by atoms with van der Waals surface area (Å²) in [7, 11) is -5.66. The lowest BCUT2D eigenvalue weighted by Gasteiger charge is -2.21. The number of hydrogen-bond acceptors (Lipinski definition) is 3. The zero-order chi connectivity index (χ0) is 11.0. The molecule has 0 aliphatic carbocycles. The van der Waals surface area contributed by atoms with Gasteiger partial charge in [-0.05, 0) is 12.8 Å². The molecule has 0 amide bonds. The topological polar surface area (TPSA) is 43.4 Å². The zero-order valence-corrected chi connectivity index (χ0v) is 7.74. The molecule has 0 aromatic rings. The molecule has 2 atom stereocenters. The van der Waals surface area contributed by atoms with Crippen LogP contribution in [0.15, 0.2) is 0 Å². The number of halogens is 4. The molecule has 1 fully saturated rings. The Labute approximate surface area is 78.3 Å². The summed E-state index contributed by atoms with van der Waals surface area (Å²) in [5.41, 5.74) is 0. The maximum absolute atomic E-state index is 12.4. The van der Waals surface area contributed by atoms with E-state index < -0.39 is 27.8 Å². The molecule has 1 rings (SSSR count). The zero-order valence-electron chi connectivity index (χ0n) is 6.92. The second kappa shape index (κ2) is 3.65.